The zero-order chi connectivity index (χ0) is 21.7. The number of nitrogens with one attached hydrogen (secondary N) is 1. The van der Waals surface area contributed by atoms with Crippen molar-refractivity contribution < 1.29 is 4.79 Å². The molecule has 0 bridgehead atoms. The first-order valence-corrected chi connectivity index (χ1v) is 12.3. The van der Waals surface area contributed by atoms with Crippen LogP contribution >= 0.6 is 0 Å². The van der Waals surface area contributed by atoms with Crippen LogP contribution in [0.5, 0.6) is 0 Å². The molecule has 2 aliphatic carbocycles. The highest BCUT2D eigenvalue weighted by molar-refractivity contribution is 6.06. The number of aliphatic imine (C=N–C) groups is 1. The van der Waals surface area contributed by atoms with Gasteiger partial charge in [0.05, 0.1) is 0 Å². The molecule has 3 N–H and O–H groups in total. The van der Waals surface area contributed by atoms with Crippen LogP contribution in [0.25, 0.3) is 0 Å². The van der Waals surface area contributed by atoms with Gasteiger partial charge in [-0.1, -0.05) is 44.9 Å². The highest BCUT2D eigenvalue weighted by Crippen LogP contribution is 2.40. The second-order valence-electron chi connectivity index (χ2n) is 10.1. The number of pyridine rings is 1. The topological polar surface area (TPSA) is 83.6 Å². The summed E-state index contributed by atoms with van der Waals surface area (Å²) in [5.74, 6) is 1.79. The van der Waals surface area contributed by atoms with Crippen LogP contribution in [0.1, 0.15) is 82.6 Å². The predicted octanol–water partition coefficient (Wildman–Crippen LogP) is 4.01. The largest absolute Gasteiger partial charge is 0.369 e. The Balaban J connectivity index is 1.38. The average Bonchev–Trinajstić information content (AvgIpc) is 3.01. The van der Waals surface area contributed by atoms with E-state index in [0.717, 1.165) is 38.1 Å². The third-order valence-corrected chi connectivity index (χ3v) is 7.82. The number of carbonyl (C=O) groups excluding carboxylic acids is 1. The quantitative estimate of drug-likeness (QED) is 0.659. The first-order chi connectivity index (χ1) is 15.1. The maximum atomic E-state index is 13.3. The third kappa shape index (κ3) is 5.46. The fourth-order valence-electron chi connectivity index (χ4n) is 5.98. The Hall–Kier alpha value is -1.95. The molecule has 170 valence electrons. The Labute approximate surface area is 187 Å². The molecular weight excluding hydrogens is 386 g/mol. The van der Waals surface area contributed by atoms with Gasteiger partial charge in [0.25, 0.3) is 5.91 Å². The number of nitrogens with two attached hydrogens (primary N) is 1. The van der Waals surface area contributed by atoms with Gasteiger partial charge >= 0.3 is 0 Å². The van der Waals surface area contributed by atoms with Crippen molar-refractivity contribution in [3.05, 3.63) is 30.1 Å². The smallest absolute Gasteiger partial charge is 0.257 e. The Morgan fingerprint density at radius 3 is 2.55 bits per heavy atom. The first-order valence-electron chi connectivity index (χ1n) is 12.3. The molecule has 3 aliphatic rings. The van der Waals surface area contributed by atoms with E-state index >= 15 is 0 Å². The zero-order valence-corrected chi connectivity index (χ0v) is 19.1. The van der Waals surface area contributed by atoms with Crippen molar-refractivity contribution >= 4 is 11.9 Å². The highest BCUT2D eigenvalue weighted by atomic mass is 16.2. The van der Waals surface area contributed by atoms with Crippen LogP contribution in [-0.4, -0.2) is 40.4 Å². The Morgan fingerprint density at radius 2 is 1.84 bits per heavy atom. The standard InChI is InChI=1S/C25H39N5O/c1-30-23(31)25(29-24(30)26,13-10-19-6-3-2-4-7-19)17-21-8-5-9-22(16-21)28-18-20-11-14-27-15-12-20/h11-12,14-15,19,21-22,28H,2-10,13,16-18H2,1H3,(H2,26,29)/t21?,22-,25+/m0/s1. The van der Waals surface area contributed by atoms with Crippen molar-refractivity contribution in [2.24, 2.45) is 22.6 Å². The van der Waals surface area contributed by atoms with E-state index in [1.807, 2.05) is 12.4 Å². The van der Waals surface area contributed by atoms with Gasteiger partial charge < -0.3 is 11.1 Å². The number of rotatable bonds is 8. The van der Waals surface area contributed by atoms with Crippen LogP contribution in [0.2, 0.25) is 0 Å². The molecule has 3 atom stereocenters. The van der Waals surface area contributed by atoms with E-state index in [1.165, 1.54) is 56.9 Å². The van der Waals surface area contributed by atoms with Gasteiger partial charge in [0.15, 0.2) is 5.96 Å². The number of amides is 1. The van der Waals surface area contributed by atoms with E-state index in [1.54, 1.807) is 11.9 Å². The number of carbonyl (C=O) groups is 1. The van der Waals surface area contributed by atoms with Crippen molar-refractivity contribution in [3.8, 4) is 0 Å². The highest BCUT2D eigenvalue weighted by Gasteiger charge is 2.47. The van der Waals surface area contributed by atoms with E-state index in [2.05, 4.69) is 22.4 Å². The second kappa shape index (κ2) is 10.1. The minimum absolute atomic E-state index is 0.118. The minimum Gasteiger partial charge on any atom is -0.369 e. The minimum atomic E-state index is -0.631. The lowest BCUT2D eigenvalue weighted by atomic mass is 9.74. The number of nitrogens with zero attached hydrogens (tertiary/aromatic N) is 3. The molecule has 1 unspecified atom stereocenters. The van der Waals surface area contributed by atoms with Crippen LogP contribution < -0.4 is 11.1 Å². The lowest BCUT2D eigenvalue weighted by Crippen LogP contribution is -2.44. The molecule has 0 spiro atoms. The van der Waals surface area contributed by atoms with Gasteiger partial charge in [-0.15, -0.1) is 0 Å². The average molecular weight is 426 g/mol. The predicted molar refractivity (Wildman–Crippen MR) is 124 cm³/mol. The molecule has 2 fully saturated rings. The number of hydrogen-bond donors (Lipinski definition) is 2. The molecule has 6 nitrogen and oxygen atoms in total. The fraction of sp³-hybridized carbons (Fsp3) is 0.720. The molecule has 2 heterocycles. The van der Waals surface area contributed by atoms with Gasteiger partial charge in [0.2, 0.25) is 0 Å². The van der Waals surface area contributed by atoms with Crippen LogP contribution in [0.4, 0.5) is 0 Å². The summed E-state index contributed by atoms with van der Waals surface area (Å²) in [6.07, 6.45) is 17.9. The molecule has 0 saturated heterocycles. The summed E-state index contributed by atoms with van der Waals surface area (Å²) in [6.45, 7) is 0.875. The maximum Gasteiger partial charge on any atom is 0.257 e. The summed E-state index contributed by atoms with van der Waals surface area (Å²) in [7, 11) is 1.78. The lowest BCUT2D eigenvalue weighted by molar-refractivity contribution is -0.131. The van der Waals surface area contributed by atoms with E-state index in [9.17, 15) is 4.79 Å². The SMILES string of the molecule is CN1C(=O)[C@@](CCC2CCCCC2)(CC2CCC[C@H](NCc3ccncc3)C2)N=C1N. The summed E-state index contributed by atoms with van der Waals surface area (Å²) in [6, 6.07) is 4.63. The number of hydrogen-bond acceptors (Lipinski definition) is 5. The molecule has 2 saturated carbocycles. The van der Waals surface area contributed by atoms with Crippen molar-refractivity contribution in [1.82, 2.24) is 15.2 Å². The number of likely N-dealkylation sites (N-methyl/N-ethyl adjacent to an activating group) is 1. The first kappa shape index (κ1) is 22.3. The van der Waals surface area contributed by atoms with Crippen LogP contribution in [-0.2, 0) is 11.3 Å². The van der Waals surface area contributed by atoms with Gasteiger partial charge in [-0.3, -0.25) is 14.7 Å². The molecular formula is C25H39N5O. The molecule has 31 heavy (non-hydrogen) atoms. The molecule has 1 aliphatic heterocycles. The Bertz CT molecular complexity index is 760. The normalized spacial score (nSPS) is 29.9. The summed E-state index contributed by atoms with van der Waals surface area (Å²) >= 11 is 0. The summed E-state index contributed by atoms with van der Waals surface area (Å²) in [5, 5.41) is 3.73. The molecule has 1 amide bonds. The Kier molecular flexibility index (Phi) is 7.26. The van der Waals surface area contributed by atoms with E-state index < -0.39 is 5.54 Å². The van der Waals surface area contributed by atoms with Crippen LogP contribution in [0, 0.1) is 11.8 Å². The molecule has 1 aromatic rings. The van der Waals surface area contributed by atoms with Gasteiger partial charge in [0.1, 0.15) is 5.54 Å². The van der Waals surface area contributed by atoms with Crippen molar-refractivity contribution in [3.63, 3.8) is 0 Å². The summed E-state index contributed by atoms with van der Waals surface area (Å²) in [5.41, 5.74) is 6.77. The van der Waals surface area contributed by atoms with Crippen LogP contribution in [0.3, 0.4) is 0 Å². The second-order valence-corrected chi connectivity index (χ2v) is 10.1. The van der Waals surface area contributed by atoms with Crippen molar-refractivity contribution in [2.45, 2.75) is 95.2 Å². The van der Waals surface area contributed by atoms with E-state index in [-0.39, 0.29) is 5.91 Å². The molecule has 0 radical (unpaired) electrons. The van der Waals surface area contributed by atoms with Gasteiger partial charge in [-0.05, 0) is 61.6 Å². The molecule has 6 heteroatoms. The zero-order valence-electron chi connectivity index (χ0n) is 19.1. The Morgan fingerprint density at radius 1 is 1.10 bits per heavy atom. The number of guanidine groups is 1. The van der Waals surface area contributed by atoms with E-state index in [0.29, 0.717) is 17.9 Å². The fourth-order valence-corrected chi connectivity index (χ4v) is 5.98. The molecule has 4 rings (SSSR count). The van der Waals surface area contributed by atoms with Crippen LogP contribution in [0.15, 0.2) is 29.5 Å². The third-order valence-electron chi connectivity index (χ3n) is 7.82. The monoisotopic (exact) mass is 425 g/mol. The van der Waals surface area contributed by atoms with Crippen molar-refractivity contribution in [1.29, 1.82) is 0 Å². The van der Waals surface area contributed by atoms with Gasteiger partial charge in [-0.2, -0.15) is 0 Å². The lowest BCUT2D eigenvalue weighted by Gasteiger charge is -2.35. The maximum absolute atomic E-state index is 13.3. The number of aromatic nitrogens is 1. The van der Waals surface area contributed by atoms with Gasteiger partial charge in [-0.25, -0.2) is 4.99 Å². The molecule has 0 aromatic carbocycles. The summed E-state index contributed by atoms with van der Waals surface area (Å²) < 4.78 is 0. The van der Waals surface area contributed by atoms with Gasteiger partial charge in [0, 0.05) is 32.0 Å². The summed E-state index contributed by atoms with van der Waals surface area (Å²) in [4.78, 5) is 23.8. The van der Waals surface area contributed by atoms with E-state index in [4.69, 9.17) is 10.7 Å². The molecule has 1 aromatic heterocycles. The van der Waals surface area contributed by atoms with Crippen molar-refractivity contribution in [2.75, 3.05) is 7.05 Å².